The lowest BCUT2D eigenvalue weighted by atomic mass is 10.2. The summed E-state index contributed by atoms with van der Waals surface area (Å²) in [6, 6.07) is 8.00. The first-order chi connectivity index (χ1) is 12.2. The van der Waals surface area contributed by atoms with Gasteiger partial charge in [0.1, 0.15) is 0 Å². The third kappa shape index (κ3) is 4.63. The summed E-state index contributed by atoms with van der Waals surface area (Å²) in [6.45, 7) is 1.35. The number of amides is 1. The van der Waals surface area contributed by atoms with Gasteiger partial charge >= 0.3 is 5.97 Å². The van der Waals surface area contributed by atoms with Gasteiger partial charge in [-0.1, -0.05) is 40.9 Å². The van der Waals surface area contributed by atoms with E-state index in [1.54, 1.807) is 0 Å². The van der Waals surface area contributed by atoms with Crippen molar-refractivity contribution < 1.29 is 19.2 Å². The molecule has 0 heterocycles. The number of nitro benzene ring substituents is 1. The molecule has 1 amide bonds. The highest BCUT2D eigenvalue weighted by atomic mass is 35.5. The van der Waals surface area contributed by atoms with Gasteiger partial charge in [-0.25, -0.2) is 4.79 Å². The third-order valence-corrected chi connectivity index (χ3v) is 4.38. The van der Waals surface area contributed by atoms with Crippen LogP contribution in [0.3, 0.4) is 0 Å². The van der Waals surface area contributed by atoms with Crippen molar-refractivity contribution in [3.05, 3.63) is 67.1 Å². The van der Waals surface area contributed by atoms with Gasteiger partial charge in [-0.2, -0.15) is 0 Å². The van der Waals surface area contributed by atoms with Crippen molar-refractivity contribution in [2.75, 3.05) is 5.32 Å². The number of rotatable bonds is 5. The van der Waals surface area contributed by atoms with E-state index in [0.29, 0.717) is 0 Å². The summed E-state index contributed by atoms with van der Waals surface area (Å²) in [5.41, 5.74) is -0.0544. The maximum atomic E-state index is 12.2. The number of hydrogen-bond acceptors (Lipinski definition) is 5. The van der Waals surface area contributed by atoms with Crippen LogP contribution >= 0.6 is 34.8 Å². The number of nitrogens with zero attached hydrogens (tertiary/aromatic N) is 1. The van der Waals surface area contributed by atoms with Crippen LogP contribution in [0.4, 0.5) is 11.4 Å². The van der Waals surface area contributed by atoms with Crippen molar-refractivity contribution in [3.63, 3.8) is 0 Å². The van der Waals surface area contributed by atoms with E-state index in [-0.39, 0.29) is 32.0 Å². The molecule has 1 atom stereocenters. The minimum atomic E-state index is -1.18. The number of benzene rings is 2. The summed E-state index contributed by atoms with van der Waals surface area (Å²) >= 11 is 17.7. The molecule has 0 aliphatic heterocycles. The number of hydrogen-bond donors (Lipinski definition) is 1. The van der Waals surface area contributed by atoms with E-state index in [9.17, 15) is 19.7 Å². The van der Waals surface area contributed by atoms with Crippen LogP contribution in [0.25, 0.3) is 0 Å². The highest BCUT2D eigenvalue weighted by molar-refractivity contribution is 6.43. The molecule has 0 fully saturated rings. The van der Waals surface area contributed by atoms with E-state index < -0.39 is 22.9 Å². The van der Waals surface area contributed by atoms with Crippen LogP contribution in [0.15, 0.2) is 36.4 Å². The summed E-state index contributed by atoms with van der Waals surface area (Å²) in [6.07, 6.45) is -1.18. The fourth-order valence-electron chi connectivity index (χ4n) is 1.89. The van der Waals surface area contributed by atoms with Gasteiger partial charge in [0.15, 0.2) is 6.10 Å². The predicted octanol–water partition coefficient (Wildman–Crippen LogP) is 4.74. The summed E-state index contributed by atoms with van der Waals surface area (Å²) < 4.78 is 5.06. The quantitative estimate of drug-likeness (QED) is 0.430. The van der Waals surface area contributed by atoms with Gasteiger partial charge in [-0.15, -0.1) is 0 Å². The van der Waals surface area contributed by atoms with Crippen molar-refractivity contribution in [2.24, 2.45) is 0 Å². The largest absolute Gasteiger partial charge is 0.449 e. The molecule has 0 spiro atoms. The maximum Gasteiger partial charge on any atom is 0.340 e. The molecule has 0 radical (unpaired) electrons. The molecular weight excluding hydrogens is 407 g/mol. The molecular formula is C16H11Cl3N2O5. The van der Waals surface area contributed by atoms with E-state index in [4.69, 9.17) is 39.5 Å². The fourth-order valence-corrected chi connectivity index (χ4v) is 2.49. The van der Waals surface area contributed by atoms with Crippen molar-refractivity contribution in [2.45, 2.75) is 13.0 Å². The lowest BCUT2D eigenvalue weighted by Gasteiger charge is -2.15. The second kappa shape index (κ2) is 8.35. The number of ether oxygens (including phenoxy) is 1. The van der Waals surface area contributed by atoms with Crippen molar-refractivity contribution in [3.8, 4) is 0 Å². The molecule has 0 saturated heterocycles. The first kappa shape index (κ1) is 20.0. The van der Waals surface area contributed by atoms with E-state index >= 15 is 0 Å². The predicted molar refractivity (Wildman–Crippen MR) is 98.1 cm³/mol. The van der Waals surface area contributed by atoms with Gasteiger partial charge in [0, 0.05) is 12.1 Å². The van der Waals surface area contributed by atoms with Gasteiger partial charge in [0.2, 0.25) is 0 Å². The first-order valence-electron chi connectivity index (χ1n) is 7.10. The zero-order valence-electron chi connectivity index (χ0n) is 13.2. The highest BCUT2D eigenvalue weighted by Gasteiger charge is 2.22. The highest BCUT2D eigenvalue weighted by Crippen LogP contribution is 2.28. The molecule has 0 saturated carbocycles. The molecule has 0 aromatic heterocycles. The number of non-ortho nitro benzene ring substituents is 1. The lowest BCUT2D eigenvalue weighted by Crippen LogP contribution is -2.30. The van der Waals surface area contributed by atoms with Crippen LogP contribution in [-0.4, -0.2) is 22.9 Å². The molecule has 10 heteroatoms. The van der Waals surface area contributed by atoms with Gasteiger partial charge in [0.25, 0.3) is 11.6 Å². The Balaban J connectivity index is 2.07. The zero-order valence-corrected chi connectivity index (χ0v) is 15.4. The number of nitrogens with one attached hydrogen (secondary N) is 1. The summed E-state index contributed by atoms with van der Waals surface area (Å²) in [5.74, 6) is -1.50. The summed E-state index contributed by atoms with van der Waals surface area (Å²) in [4.78, 5) is 34.4. The molecule has 1 unspecified atom stereocenters. The number of nitro groups is 1. The molecule has 0 bridgehead atoms. The van der Waals surface area contributed by atoms with Crippen LogP contribution < -0.4 is 5.32 Å². The maximum absolute atomic E-state index is 12.2. The molecule has 0 aliphatic rings. The second-order valence-electron chi connectivity index (χ2n) is 5.06. The van der Waals surface area contributed by atoms with Crippen molar-refractivity contribution >= 4 is 58.1 Å². The molecule has 7 nitrogen and oxygen atoms in total. The smallest absolute Gasteiger partial charge is 0.340 e. The van der Waals surface area contributed by atoms with Crippen LogP contribution in [0.2, 0.25) is 15.1 Å². The minimum absolute atomic E-state index is 0.0187. The Kier molecular flexibility index (Phi) is 6.42. The molecule has 1 N–H and O–H groups in total. The Bertz CT molecular complexity index is 888. The van der Waals surface area contributed by atoms with Crippen LogP contribution in [0.5, 0.6) is 0 Å². The number of halogens is 3. The van der Waals surface area contributed by atoms with E-state index in [1.807, 2.05) is 0 Å². The van der Waals surface area contributed by atoms with Gasteiger partial charge in [0.05, 0.1) is 31.2 Å². The SMILES string of the molecule is CC(OC(=O)c1cccc(Cl)c1Cl)C(=O)Nc1ccc([N+](=O)[O-])cc1Cl. The Morgan fingerprint density at radius 1 is 1.15 bits per heavy atom. The standard InChI is InChI=1S/C16H11Cl3N2O5/c1-8(26-16(23)10-3-2-4-11(17)14(10)19)15(22)20-13-6-5-9(21(24)25)7-12(13)18/h2-8H,1H3,(H,20,22). The van der Waals surface area contributed by atoms with E-state index in [2.05, 4.69) is 5.32 Å². The Morgan fingerprint density at radius 2 is 1.85 bits per heavy atom. The normalized spacial score (nSPS) is 11.5. The van der Waals surface area contributed by atoms with Crippen LogP contribution in [0, 0.1) is 10.1 Å². The molecule has 2 rings (SSSR count). The number of esters is 1. The topological polar surface area (TPSA) is 98.5 Å². The molecule has 26 heavy (non-hydrogen) atoms. The molecule has 2 aromatic rings. The van der Waals surface area contributed by atoms with E-state index in [1.165, 1.54) is 37.3 Å². The van der Waals surface area contributed by atoms with Crippen molar-refractivity contribution in [1.82, 2.24) is 0 Å². The van der Waals surface area contributed by atoms with Crippen LogP contribution in [-0.2, 0) is 9.53 Å². The third-order valence-electron chi connectivity index (χ3n) is 3.25. The van der Waals surface area contributed by atoms with Crippen LogP contribution in [0.1, 0.15) is 17.3 Å². The Hall–Kier alpha value is -2.35. The Morgan fingerprint density at radius 3 is 2.46 bits per heavy atom. The molecule has 0 aliphatic carbocycles. The second-order valence-corrected chi connectivity index (χ2v) is 6.25. The monoisotopic (exact) mass is 416 g/mol. The minimum Gasteiger partial charge on any atom is -0.449 e. The van der Waals surface area contributed by atoms with Gasteiger partial charge < -0.3 is 10.1 Å². The van der Waals surface area contributed by atoms with E-state index in [0.717, 1.165) is 6.07 Å². The van der Waals surface area contributed by atoms with Crippen molar-refractivity contribution in [1.29, 1.82) is 0 Å². The zero-order chi connectivity index (χ0) is 19.4. The number of carbonyl (C=O) groups is 2. The average molecular weight is 418 g/mol. The average Bonchev–Trinajstić information content (AvgIpc) is 2.58. The first-order valence-corrected chi connectivity index (χ1v) is 8.24. The summed E-state index contributed by atoms with van der Waals surface area (Å²) in [5, 5.41) is 13.3. The Labute approximate surface area is 162 Å². The molecule has 2 aromatic carbocycles. The summed E-state index contributed by atoms with van der Waals surface area (Å²) in [7, 11) is 0. The van der Waals surface area contributed by atoms with Gasteiger partial charge in [-0.05, 0) is 25.1 Å². The number of carbonyl (C=O) groups excluding carboxylic acids is 2. The fraction of sp³-hybridized carbons (Fsp3) is 0.125. The lowest BCUT2D eigenvalue weighted by molar-refractivity contribution is -0.384. The number of anilines is 1. The van der Waals surface area contributed by atoms with Gasteiger partial charge in [-0.3, -0.25) is 14.9 Å². The molecule has 136 valence electrons.